The Balaban J connectivity index is 1.80. The number of nitrogens with zero attached hydrogens (tertiary/aromatic N) is 2. The Kier molecular flexibility index (Phi) is 3.23. The fraction of sp³-hybridized carbons (Fsp3) is 0.214. The van der Waals surface area contributed by atoms with Crippen molar-refractivity contribution in [3.63, 3.8) is 0 Å². The van der Waals surface area contributed by atoms with Gasteiger partial charge >= 0.3 is 0 Å². The number of hydrogen-bond donors (Lipinski definition) is 1. The first-order valence-electron chi connectivity index (χ1n) is 6.25. The lowest BCUT2D eigenvalue weighted by atomic mass is 10.2. The molecule has 1 atom stereocenters. The minimum Gasteiger partial charge on any atom is -0.349 e. The van der Waals surface area contributed by atoms with Crippen LogP contribution in [0.5, 0.6) is 0 Å². The zero-order valence-corrected chi connectivity index (χ0v) is 11.7. The molecule has 0 spiro atoms. The van der Waals surface area contributed by atoms with E-state index in [0.29, 0.717) is 10.8 Å². The largest absolute Gasteiger partial charge is 0.349 e. The van der Waals surface area contributed by atoms with Crippen LogP contribution >= 0.6 is 11.3 Å². The number of thiazole rings is 1. The number of aryl methyl sites for hydroxylation is 1. The highest BCUT2D eigenvalue weighted by molar-refractivity contribution is 7.13. The smallest absolute Gasteiger partial charge is 0.256 e. The van der Waals surface area contributed by atoms with Crippen LogP contribution in [0.15, 0.2) is 35.7 Å². The molecule has 2 aromatic rings. The van der Waals surface area contributed by atoms with E-state index in [4.69, 9.17) is 0 Å². The van der Waals surface area contributed by atoms with Gasteiger partial charge in [0, 0.05) is 5.38 Å². The van der Waals surface area contributed by atoms with Gasteiger partial charge in [-0.1, -0.05) is 18.2 Å². The first-order chi connectivity index (χ1) is 9.65. The van der Waals surface area contributed by atoms with Gasteiger partial charge in [-0.15, -0.1) is 11.3 Å². The molecule has 102 valence electrons. The second-order valence-electron chi connectivity index (χ2n) is 4.60. The van der Waals surface area contributed by atoms with Crippen molar-refractivity contribution < 1.29 is 9.59 Å². The minimum absolute atomic E-state index is 0.159. The van der Waals surface area contributed by atoms with Crippen molar-refractivity contribution in [3.8, 4) is 0 Å². The Bertz CT molecular complexity index is 653. The van der Waals surface area contributed by atoms with E-state index in [1.807, 2.05) is 18.4 Å². The lowest BCUT2D eigenvalue weighted by Crippen LogP contribution is -2.34. The second-order valence-corrected chi connectivity index (χ2v) is 5.46. The predicted octanol–water partition coefficient (Wildman–Crippen LogP) is 2.20. The molecule has 0 aliphatic carbocycles. The quantitative estimate of drug-likeness (QED) is 0.879. The lowest BCUT2D eigenvalue weighted by Gasteiger charge is -2.15. The van der Waals surface area contributed by atoms with Crippen LogP contribution in [0.4, 0.5) is 10.8 Å². The second kappa shape index (κ2) is 5.05. The summed E-state index contributed by atoms with van der Waals surface area (Å²) < 4.78 is 0. The first-order valence-corrected chi connectivity index (χ1v) is 7.13. The fourth-order valence-corrected chi connectivity index (χ4v) is 2.90. The third-order valence-electron chi connectivity index (χ3n) is 3.08. The van der Waals surface area contributed by atoms with Gasteiger partial charge in [-0.3, -0.25) is 9.59 Å². The predicted molar refractivity (Wildman–Crippen MR) is 77.8 cm³/mol. The van der Waals surface area contributed by atoms with E-state index in [1.54, 1.807) is 24.3 Å². The summed E-state index contributed by atoms with van der Waals surface area (Å²) in [6, 6.07) is 8.44. The van der Waals surface area contributed by atoms with E-state index < -0.39 is 6.04 Å². The van der Waals surface area contributed by atoms with Crippen LogP contribution in [0.25, 0.3) is 0 Å². The Morgan fingerprint density at radius 1 is 1.30 bits per heavy atom. The van der Waals surface area contributed by atoms with Gasteiger partial charge in [0.05, 0.1) is 17.8 Å². The molecule has 20 heavy (non-hydrogen) atoms. The topological polar surface area (TPSA) is 62.3 Å². The van der Waals surface area contributed by atoms with Crippen molar-refractivity contribution in [1.29, 1.82) is 0 Å². The molecule has 1 N–H and O–H groups in total. The molecule has 0 radical (unpaired) electrons. The van der Waals surface area contributed by atoms with Crippen LogP contribution in [0, 0.1) is 6.92 Å². The standard InChI is InChI=1S/C14H13N3O2S/c1-9-8-20-14(15-9)16-11-7-12(18)17(13(11)19)10-5-3-2-4-6-10/h2-6,8,11H,7H2,1H3,(H,15,16). The number of nitrogens with one attached hydrogen (secondary N) is 1. The number of para-hydroxylation sites is 1. The van der Waals surface area contributed by atoms with Crippen molar-refractivity contribution in [2.24, 2.45) is 0 Å². The molecule has 2 amide bonds. The summed E-state index contributed by atoms with van der Waals surface area (Å²) in [6.07, 6.45) is 0.159. The van der Waals surface area contributed by atoms with Crippen molar-refractivity contribution in [1.82, 2.24) is 4.98 Å². The third-order valence-corrected chi connectivity index (χ3v) is 3.97. The molecule has 1 unspecified atom stereocenters. The maximum Gasteiger partial charge on any atom is 0.256 e. The van der Waals surface area contributed by atoms with Gasteiger partial charge in [0.1, 0.15) is 6.04 Å². The lowest BCUT2D eigenvalue weighted by molar-refractivity contribution is -0.121. The van der Waals surface area contributed by atoms with Crippen molar-refractivity contribution in [2.45, 2.75) is 19.4 Å². The summed E-state index contributed by atoms with van der Waals surface area (Å²) in [6.45, 7) is 1.89. The molecule has 3 rings (SSSR count). The highest BCUT2D eigenvalue weighted by atomic mass is 32.1. The molecule has 6 heteroatoms. The average Bonchev–Trinajstić information content (AvgIpc) is 2.96. The van der Waals surface area contributed by atoms with Crippen LogP contribution < -0.4 is 10.2 Å². The number of benzene rings is 1. The zero-order valence-electron chi connectivity index (χ0n) is 10.9. The molecule has 2 heterocycles. The monoisotopic (exact) mass is 287 g/mol. The van der Waals surface area contributed by atoms with Gasteiger partial charge < -0.3 is 5.32 Å². The van der Waals surface area contributed by atoms with E-state index in [2.05, 4.69) is 10.3 Å². The number of amides is 2. The van der Waals surface area contributed by atoms with Crippen molar-refractivity contribution in [3.05, 3.63) is 41.4 Å². The molecule has 0 saturated carbocycles. The molecule has 1 aromatic carbocycles. The zero-order chi connectivity index (χ0) is 14.1. The third kappa shape index (κ3) is 2.30. The molecule has 0 bridgehead atoms. The summed E-state index contributed by atoms with van der Waals surface area (Å²) in [4.78, 5) is 29.9. The van der Waals surface area contributed by atoms with Crippen molar-refractivity contribution >= 4 is 34.0 Å². The summed E-state index contributed by atoms with van der Waals surface area (Å²) >= 11 is 1.43. The van der Waals surface area contributed by atoms with Crippen LogP contribution in [-0.4, -0.2) is 22.8 Å². The molecular weight excluding hydrogens is 274 g/mol. The number of imide groups is 1. The van der Waals surface area contributed by atoms with Crippen molar-refractivity contribution in [2.75, 3.05) is 10.2 Å². The normalized spacial score (nSPS) is 18.6. The minimum atomic E-state index is -0.534. The van der Waals surface area contributed by atoms with Crippen LogP contribution in [-0.2, 0) is 9.59 Å². The molecule has 1 aromatic heterocycles. The molecule has 1 aliphatic heterocycles. The molecular formula is C14H13N3O2S. The fourth-order valence-electron chi connectivity index (χ4n) is 2.16. The van der Waals surface area contributed by atoms with Crippen LogP contribution in [0.2, 0.25) is 0 Å². The summed E-state index contributed by atoms with van der Waals surface area (Å²) in [5, 5.41) is 5.61. The Morgan fingerprint density at radius 2 is 2.05 bits per heavy atom. The van der Waals surface area contributed by atoms with Gasteiger partial charge in [-0.2, -0.15) is 0 Å². The van der Waals surface area contributed by atoms with Gasteiger partial charge in [-0.25, -0.2) is 9.88 Å². The Labute approximate surface area is 120 Å². The SMILES string of the molecule is Cc1csc(NC2CC(=O)N(c3ccccc3)C2=O)n1. The van der Waals surface area contributed by atoms with Crippen LogP contribution in [0.3, 0.4) is 0 Å². The average molecular weight is 287 g/mol. The number of carbonyl (C=O) groups excluding carboxylic acids is 2. The van der Waals surface area contributed by atoms with E-state index in [9.17, 15) is 9.59 Å². The number of carbonyl (C=O) groups is 2. The number of rotatable bonds is 3. The van der Waals surface area contributed by atoms with E-state index in [1.165, 1.54) is 16.2 Å². The van der Waals surface area contributed by atoms with Gasteiger partial charge in [0.25, 0.3) is 5.91 Å². The maximum absolute atomic E-state index is 12.3. The first kappa shape index (κ1) is 12.8. The van der Waals surface area contributed by atoms with Gasteiger partial charge in [0.2, 0.25) is 5.91 Å². The molecule has 1 saturated heterocycles. The van der Waals surface area contributed by atoms with Gasteiger partial charge in [0.15, 0.2) is 5.13 Å². The van der Waals surface area contributed by atoms with Gasteiger partial charge in [-0.05, 0) is 19.1 Å². The van der Waals surface area contributed by atoms with E-state index >= 15 is 0 Å². The number of anilines is 2. The highest BCUT2D eigenvalue weighted by Gasteiger charge is 2.39. The van der Waals surface area contributed by atoms with E-state index in [0.717, 1.165) is 5.69 Å². The maximum atomic E-state index is 12.3. The van der Waals surface area contributed by atoms with Crippen LogP contribution in [0.1, 0.15) is 12.1 Å². The Hall–Kier alpha value is -2.21. The molecule has 1 fully saturated rings. The summed E-state index contributed by atoms with van der Waals surface area (Å²) in [5.74, 6) is -0.416. The number of hydrogen-bond acceptors (Lipinski definition) is 5. The van der Waals surface area contributed by atoms with E-state index in [-0.39, 0.29) is 18.2 Å². The number of aromatic nitrogens is 1. The highest BCUT2D eigenvalue weighted by Crippen LogP contribution is 2.25. The summed E-state index contributed by atoms with van der Waals surface area (Å²) in [5.41, 5.74) is 1.51. The molecule has 1 aliphatic rings. The molecule has 5 nitrogen and oxygen atoms in total. The Morgan fingerprint density at radius 3 is 2.70 bits per heavy atom. The summed E-state index contributed by atoms with van der Waals surface area (Å²) in [7, 11) is 0.